The maximum absolute atomic E-state index is 12.9. The van der Waals surface area contributed by atoms with E-state index in [4.69, 9.17) is 32.3 Å². The van der Waals surface area contributed by atoms with Crippen LogP contribution in [0, 0.1) is 0 Å². The number of carbonyl (C=O) groups excluding carboxylic acids is 3. The van der Waals surface area contributed by atoms with Gasteiger partial charge in [0.05, 0.1) is 26.4 Å². The zero-order valence-corrected chi connectivity index (χ0v) is 59.2. The second-order valence-electron chi connectivity index (χ2n) is 22.9. The van der Waals surface area contributed by atoms with Crippen molar-refractivity contribution in [3.05, 3.63) is 146 Å². The van der Waals surface area contributed by atoms with Crippen LogP contribution in [0.15, 0.2) is 146 Å². The van der Waals surface area contributed by atoms with Gasteiger partial charge < -0.3 is 34.2 Å². The molecule has 0 aromatic rings. The van der Waals surface area contributed by atoms with Gasteiger partial charge in [0.25, 0.3) is 0 Å². The molecule has 0 aromatic carbocycles. The monoisotopic (exact) mass is 1340 g/mol. The third kappa shape index (κ3) is 68.6. The summed E-state index contributed by atoms with van der Waals surface area (Å²) in [5, 5.41) is 20.6. The first kappa shape index (κ1) is 88.4. The van der Waals surface area contributed by atoms with Gasteiger partial charge in [-0.25, -0.2) is 9.13 Å². The molecule has 0 spiro atoms. The molecule has 0 aliphatic heterocycles. The summed E-state index contributed by atoms with van der Waals surface area (Å²) in [6, 6.07) is 0. The van der Waals surface area contributed by atoms with Crippen molar-refractivity contribution in [3.8, 4) is 0 Å². The number of ether oxygens (including phenoxy) is 3. The summed E-state index contributed by atoms with van der Waals surface area (Å²) < 4.78 is 60.9. The van der Waals surface area contributed by atoms with Gasteiger partial charge in [0, 0.05) is 19.3 Å². The van der Waals surface area contributed by atoms with Crippen LogP contribution in [-0.2, 0) is 55.8 Å². The lowest BCUT2D eigenvalue weighted by Gasteiger charge is -2.21. The largest absolute Gasteiger partial charge is 0.472 e. The minimum absolute atomic E-state index is 0.0827. The average molecular weight is 1340 g/mol. The molecule has 0 saturated carbocycles. The fraction of sp³-hybridized carbons (Fsp3) is 0.640. The molecule has 0 aliphatic rings. The molecule has 5 unspecified atom stereocenters. The molecule has 0 heterocycles. The van der Waals surface area contributed by atoms with E-state index in [1.807, 2.05) is 0 Å². The molecular weight excluding hydrogens is 1220 g/mol. The van der Waals surface area contributed by atoms with Gasteiger partial charge in [-0.3, -0.25) is 32.5 Å². The van der Waals surface area contributed by atoms with Crippen LogP contribution in [0.3, 0.4) is 0 Å². The average Bonchev–Trinajstić information content (AvgIpc) is 3.73. The van der Waals surface area contributed by atoms with E-state index < -0.39 is 91.5 Å². The van der Waals surface area contributed by atoms with Crippen LogP contribution in [0.4, 0.5) is 0 Å². The lowest BCUT2D eigenvalue weighted by atomic mass is 10.1. The number of hydrogen-bond acceptors (Lipinski definition) is 14. The third-order valence-corrected chi connectivity index (χ3v) is 15.9. The fourth-order valence-electron chi connectivity index (χ4n) is 8.78. The summed E-state index contributed by atoms with van der Waals surface area (Å²) in [5.41, 5.74) is 0. The lowest BCUT2D eigenvalue weighted by molar-refractivity contribution is -0.161. The lowest BCUT2D eigenvalue weighted by Crippen LogP contribution is -2.30. The highest BCUT2D eigenvalue weighted by atomic mass is 31.2. The molecule has 93 heavy (non-hydrogen) atoms. The number of phosphoric acid groups is 2. The van der Waals surface area contributed by atoms with Gasteiger partial charge >= 0.3 is 33.6 Å². The molecule has 0 fully saturated rings. The maximum Gasteiger partial charge on any atom is 0.472 e. The number of hydrogen-bond donors (Lipinski definition) is 4. The van der Waals surface area contributed by atoms with E-state index in [1.54, 1.807) is 0 Å². The van der Waals surface area contributed by atoms with Gasteiger partial charge in [-0.15, -0.1) is 0 Å². The van der Waals surface area contributed by atoms with E-state index >= 15 is 0 Å². The number of phosphoric ester groups is 2. The van der Waals surface area contributed by atoms with Crippen molar-refractivity contribution in [2.45, 2.75) is 270 Å². The van der Waals surface area contributed by atoms with Crippen LogP contribution in [-0.4, -0.2) is 95.9 Å². The fourth-order valence-corrected chi connectivity index (χ4v) is 10.4. The van der Waals surface area contributed by atoms with E-state index in [9.17, 15) is 43.5 Å². The van der Waals surface area contributed by atoms with Gasteiger partial charge in [0.2, 0.25) is 0 Å². The maximum atomic E-state index is 12.9. The Kier molecular flexibility index (Phi) is 64.1. The van der Waals surface area contributed by atoms with E-state index in [0.717, 1.165) is 193 Å². The molecule has 18 heteroatoms. The Hall–Kier alpha value is -4.57. The number of aliphatic hydroxyl groups is 2. The van der Waals surface area contributed by atoms with Crippen molar-refractivity contribution in [2.24, 2.45) is 0 Å². The topological polar surface area (TPSA) is 231 Å². The van der Waals surface area contributed by atoms with E-state index in [0.29, 0.717) is 19.3 Å². The van der Waals surface area contributed by atoms with Crippen LogP contribution in [0.1, 0.15) is 252 Å². The Bertz CT molecular complexity index is 2280. The Balaban J connectivity index is 4.69. The van der Waals surface area contributed by atoms with Crippen LogP contribution >= 0.6 is 15.6 Å². The summed E-state index contributed by atoms with van der Waals surface area (Å²) in [6.07, 6.45) is 80.3. The predicted octanol–water partition coefficient (Wildman–Crippen LogP) is 19.8. The van der Waals surface area contributed by atoms with Crippen molar-refractivity contribution in [1.29, 1.82) is 0 Å². The minimum atomic E-state index is -4.94. The number of allylic oxidation sites excluding steroid dienone is 24. The minimum Gasteiger partial charge on any atom is -0.463 e. The first-order chi connectivity index (χ1) is 45.2. The molecule has 4 N–H and O–H groups in total. The number of rotatable bonds is 65. The summed E-state index contributed by atoms with van der Waals surface area (Å²) in [5.74, 6) is -1.63. The quantitative estimate of drug-likeness (QED) is 0.0146. The predicted molar refractivity (Wildman–Crippen MR) is 380 cm³/mol. The summed E-state index contributed by atoms with van der Waals surface area (Å²) in [7, 11) is -9.80. The molecule has 0 amide bonds. The molecule has 0 saturated heterocycles. The highest BCUT2D eigenvalue weighted by molar-refractivity contribution is 7.47. The number of aliphatic hydroxyl groups excluding tert-OH is 2. The van der Waals surface area contributed by atoms with Gasteiger partial charge in [-0.1, -0.05) is 244 Å². The molecule has 530 valence electrons. The standard InChI is InChI=1S/C75H124O16P2/c1-4-7-10-13-16-19-22-25-28-31-32-33-34-35-36-39-41-43-46-49-52-55-58-61-73(78)85-64-70(76)65-87-92(81,82)88-66-71(77)67-89-93(83,84)90-69-72(91-75(80)63-60-57-54-51-48-45-42-38-30-27-24-21-18-15-12-9-6-3)68-86-74(79)62-59-56-53-50-47-44-40-37-29-26-23-20-17-14-11-8-5-2/h7-12,16-21,25-30,32-33,35-36,40,44,70-72,76-77H,4-6,13-15,22-24,31,34,37-39,41-43,45-69H2,1-3H3,(H,81,82)(H,83,84)/b10-7-,11-8-,12-9-,19-16-,20-17-,21-18-,28-25-,29-26-,30-27-,33-32-,36-35-,44-40-. The zero-order chi connectivity index (χ0) is 68.1. The number of unbranched alkanes of at least 4 members (excludes halogenated alkanes) is 18. The van der Waals surface area contributed by atoms with Gasteiger partial charge in [0.1, 0.15) is 25.4 Å². The highest BCUT2D eigenvalue weighted by Crippen LogP contribution is 2.45. The van der Waals surface area contributed by atoms with E-state index in [-0.39, 0.29) is 19.3 Å². The van der Waals surface area contributed by atoms with Crippen molar-refractivity contribution < 1.29 is 75.8 Å². The van der Waals surface area contributed by atoms with E-state index in [2.05, 4.69) is 167 Å². The Morgan fingerprint density at radius 1 is 0.301 bits per heavy atom. The molecule has 16 nitrogen and oxygen atoms in total. The normalized spacial score (nSPS) is 15.0. The summed E-state index contributed by atoms with van der Waals surface area (Å²) in [4.78, 5) is 58.5. The molecule has 0 bridgehead atoms. The third-order valence-electron chi connectivity index (χ3n) is 14.0. The smallest absolute Gasteiger partial charge is 0.463 e. The van der Waals surface area contributed by atoms with Crippen molar-refractivity contribution >= 4 is 33.6 Å². The number of carbonyl (C=O) groups is 3. The summed E-state index contributed by atoms with van der Waals surface area (Å²) in [6.45, 7) is 2.26. The van der Waals surface area contributed by atoms with Crippen LogP contribution in [0.5, 0.6) is 0 Å². The molecule has 0 rings (SSSR count). The van der Waals surface area contributed by atoms with Crippen molar-refractivity contribution in [2.75, 3.05) is 39.6 Å². The highest BCUT2D eigenvalue weighted by Gasteiger charge is 2.29. The molecule has 5 atom stereocenters. The Morgan fingerprint density at radius 2 is 0.538 bits per heavy atom. The Morgan fingerprint density at radius 3 is 0.849 bits per heavy atom. The number of esters is 3. The first-order valence-corrected chi connectivity index (χ1v) is 38.1. The second-order valence-corrected chi connectivity index (χ2v) is 25.8. The molecule has 0 radical (unpaired) electrons. The van der Waals surface area contributed by atoms with E-state index in [1.165, 1.54) is 0 Å². The Labute approximate surface area is 562 Å². The second kappa shape index (κ2) is 67.4. The van der Waals surface area contributed by atoms with Crippen LogP contribution < -0.4 is 0 Å². The van der Waals surface area contributed by atoms with Crippen LogP contribution in [0.25, 0.3) is 0 Å². The molecule has 0 aliphatic carbocycles. The molecular formula is C75H124O16P2. The van der Waals surface area contributed by atoms with Crippen LogP contribution in [0.2, 0.25) is 0 Å². The SMILES string of the molecule is CC/C=C\C/C=C\C/C=C\C/C=C\C/C=C\CCCCCCCCCC(=O)OCC(O)COP(=O)(O)OCC(O)COP(=O)(O)OCC(COC(=O)CCCCCC/C=C\C/C=C\C/C=C\C/C=C\CC)OC(=O)CCCCCCCCC/C=C\C/C=C\C/C=C\CC. The zero-order valence-electron chi connectivity index (χ0n) is 57.4. The van der Waals surface area contributed by atoms with Crippen molar-refractivity contribution in [1.82, 2.24) is 0 Å². The van der Waals surface area contributed by atoms with Gasteiger partial charge in [-0.05, 0) is 135 Å². The van der Waals surface area contributed by atoms with Gasteiger partial charge in [-0.2, -0.15) is 0 Å². The van der Waals surface area contributed by atoms with Gasteiger partial charge in [0.15, 0.2) is 6.10 Å². The first-order valence-electron chi connectivity index (χ1n) is 35.1. The molecule has 0 aromatic heterocycles. The van der Waals surface area contributed by atoms with Crippen molar-refractivity contribution in [3.63, 3.8) is 0 Å². The summed E-state index contributed by atoms with van der Waals surface area (Å²) >= 11 is 0.